The van der Waals surface area contributed by atoms with Gasteiger partial charge in [-0.1, -0.05) is 0 Å². The lowest BCUT2D eigenvalue weighted by Gasteiger charge is -2.27. The van der Waals surface area contributed by atoms with Gasteiger partial charge in [-0.3, -0.25) is 9.59 Å². The van der Waals surface area contributed by atoms with Crippen LogP contribution in [0.5, 0.6) is 0 Å². The number of aliphatic carboxylic acids is 1. The van der Waals surface area contributed by atoms with Gasteiger partial charge in [-0.05, 0) is 32.6 Å². The van der Waals surface area contributed by atoms with Gasteiger partial charge in [-0.2, -0.15) is 0 Å². The number of methoxy groups -OCH3 is 1. The molecule has 0 aromatic carbocycles. The number of rotatable bonds is 7. The third-order valence-electron chi connectivity index (χ3n) is 4.69. The molecule has 0 bridgehead atoms. The molecule has 0 aromatic heterocycles. The zero-order valence-electron chi connectivity index (χ0n) is 14.0. The molecule has 7 nitrogen and oxygen atoms in total. The van der Waals surface area contributed by atoms with Crippen LogP contribution in [-0.4, -0.2) is 74.1 Å². The zero-order chi connectivity index (χ0) is 16.9. The van der Waals surface area contributed by atoms with Crippen LogP contribution < -0.4 is 0 Å². The van der Waals surface area contributed by atoms with Gasteiger partial charge in [0.2, 0.25) is 0 Å². The van der Waals surface area contributed by atoms with Crippen molar-refractivity contribution in [2.45, 2.75) is 44.8 Å². The van der Waals surface area contributed by atoms with Crippen LogP contribution in [0, 0.1) is 5.41 Å². The standard InChI is InChI=1S/C16H27NO6/c1-12(23-9-13-5-3-4-8-22-13)14(18)17-7-6-16(10-17,11-21-2)15(19)20/h12-13H,3-11H2,1-2H3,(H,19,20). The van der Waals surface area contributed by atoms with Gasteiger partial charge in [0.25, 0.3) is 5.91 Å². The Morgan fingerprint density at radius 3 is 2.83 bits per heavy atom. The second-order valence-electron chi connectivity index (χ2n) is 6.49. The highest BCUT2D eigenvalue weighted by Gasteiger charge is 2.47. The summed E-state index contributed by atoms with van der Waals surface area (Å²) in [6.45, 7) is 3.56. The lowest BCUT2D eigenvalue weighted by atomic mass is 9.88. The minimum Gasteiger partial charge on any atom is -0.481 e. The van der Waals surface area contributed by atoms with E-state index in [1.807, 2.05) is 0 Å². The van der Waals surface area contributed by atoms with Crippen LogP contribution in [0.15, 0.2) is 0 Å². The van der Waals surface area contributed by atoms with Crippen molar-refractivity contribution in [1.82, 2.24) is 4.90 Å². The summed E-state index contributed by atoms with van der Waals surface area (Å²) < 4.78 is 16.3. The molecule has 1 N–H and O–H groups in total. The van der Waals surface area contributed by atoms with Gasteiger partial charge < -0.3 is 24.2 Å². The van der Waals surface area contributed by atoms with Crippen LogP contribution in [0.2, 0.25) is 0 Å². The number of nitrogens with zero attached hydrogens (tertiary/aromatic N) is 1. The highest BCUT2D eigenvalue weighted by Crippen LogP contribution is 2.31. The van der Waals surface area contributed by atoms with Crippen LogP contribution in [0.1, 0.15) is 32.6 Å². The molecule has 7 heteroatoms. The number of ether oxygens (including phenoxy) is 3. The number of hydrogen-bond donors (Lipinski definition) is 1. The van der Waals surface area contributed by atoms with Gasteiger partial charge >= 0.3 is 5.97 Å². The molecule has 1 amide bonds. The maximum absolute atomic E-state index is 12.5. The van der Waals surface area contributed by atoms with E-state index in [0.717, 1.165) is 25.9 Å². The Labute approximate surface area is 136 Å². The van der Waals surface area contributed by atoms with E-state index in [1.165, 1.54) is 7.11 Å². The van der Waals surface area contributed by atoms with E-state index in [9.17, 15) is 14.7 Å². The first kappa shape index (κ1) is 18.2. The minimum absolute atomic E-state index is 0.0594. The third-order valence-corrected chi connectivity index (χ3v) is 4.69. The van der Waals surface area contributed by atoms with Gasteiger partial charge in [0.15, 0.2) is 0 Å². The number of hydrogen-bond acceptors (Lipinski definition) is 5. The Kier molecular flexibility index (Phi) is 6.38. The van der Waals surface area contributed by atoms with Crippen molar-refractivity contribution in [2.75, 3.05) is 40.0 Å². The van der Waals surface area contributed by atoms with Crippen LogP contribution >= 0.6 is 0 Å². The second-order valence-corrected chi connectivity index (χ2v) is 6.49. The molecule has 2 aliphatic rings. The SMILES string of the molecule is COCC1(C(=O)O)CCN(C(=O)C(C)OCC2CCCCO2)C1. The molecular formula is C16H27NO6. The Morgan fingerprint density at radius 2 is 2.22 bits per heavy atom. The summed E-state index contributed by atoms with van der Waals surface area (Å²) in [6.07, 6.45) is 3.04. The molecule has 0 radical (unpaired) electrons. The highest BCUT2D eigenvalue weighted by molar-refractivity contribution is 5.83. The monoisotopic (exact) mass is 329 g/mol. The Balaban J connectivity index is 1.83. The van der Waals surface area contributed by atoms with E-state index in [-0.39, 0.29) is 25.2 Å². The van der Waals surface area contributed by atoms with Crippen molar-refractivity contribution in [3.63, 3.8) is 0 Å². The highest BCUT2D eigenvalue weighted by atomic mass is 16.5. The van der Waals surface area contributed by atoms with Crippen molar-refractivity contribution in [2.24, 2.45) is 5.41 Å². The molecule has 2 aliphatic heterocycles. The average molecular weight is 329 g/mol. The smallest absolute Gasteiger partial charge is 0.313 e. The first-order valence-corrected chi connectivity index (χ1v) is 8.23. The van der Waals surface area contributed by atoms with Crippen molar-refractivity contribution >= 4 is 11.9 Å². The molecule has 2 rings (SSSR count). The molecule has 0 spiro atoms. The summed E-state index contributed by atoms with van der Waals surface area (Å²) in [4.78, 5) is 25.5. The Bertz CT molecular complexity index is 423. The summed E-state index contributed by atoms with van der Waals surface area (Å²) in [6, 6.07) is 0. The van der Waals surface area contributed by atoms with E-state index >= 15 is 0 Å². The van der Waals surface area contributed by atoms with Gasteiger partial charge in [-0.15, -0.1) is 0 Å². The summed E-state index contributed by atoms with van der Waals surface area (Å²) >= 11 is 0. The summed E-state index contributed by atoms with van der Waals surface area (Å²) in [7, 11) is 1.48. The number of carboxylic acid groups (broad SMARTS) is 1. The van der Waals surface area contributed by atoms with Crippen molar-refractivity contribution < 1.29 is 28.9 Å². The van der Waals surface area contributed by atoms with Gasteiger partial charge in [0, 0.05) is 26.8 Å². The number of likely N-dealkylation sites (tertiary alicyclic amines) is 1. The fraction of sp³-hybridized carbons (Fsp3) is 0.875. The largest absolute Gasteiger partial charge is 0.481 e. The lowest BCUT2D eigenvalue weighted by Crippen LogP contribution is -2.43. The van der Waals surface area contributed by atoms with Crippen LogP contribution in [-0.2, 0) is 23.8 Å². The van der Waals surface area contributed by atoms with E-state index in [4.69, 9.17) is 14.2 Å². The fourth-order valence-corrected chi connectivity index (χ4v) is 3.21. The Hall–Kier alpha value is -1.18. The van der Waals surface area contributed by atoms with E-state index in [2.05, 4.69) is 0 Å². The first-order valence-electron chi connectivity index (χ1n) is 8.23. The third kappa shape index (κ3) is 4.43. The number of carboxylic acids is 1. The van der Waals surface area contributed by atoms with Crippen LogP contribution in [0.25, 0.3) is 0 Å². The maximum atomic E-state index is 12.5. The molecular weight excluding hydrogens is 302 g/mol. The number of carbonyl (C=O) groups excluding carboxylic acids is 1. The van der Waals surface area contributed by atoms with Gasteiger partial charge in [0.1, 0.15) is 11.5 Å². The van der Waals surface area contributed by atoms with Gasteiger partial charge in [-0.25, -0.2) is 0 Å². The normalized spacial score (nSPS) is 29.5. The molecule has 23 heavy (non-hydrogen) atoms. The molecule has 0 saturated carbocycles. The molecule has 3 unspecified atom stereocenters. The molecule has 0 aromatic rings. The fourth-order valence-electron chi connectivity index (χ4n) is 3.21. The van der Waals surface area contributed by atoms with Crippen LogP contribution in [0.4, 0.5) is 0 Å². The topological polar surface area (TPSA) is 85.3 Å². The molecule has 132 valence electrons. The second kappa shape index (κ2) is 8.08. The van der Waals surface area contributed by atoms with Crippen LogP contribution in [0.3, 0.4) is 0 Å². The molecule has 0 aliphatic carbocycles. The molecule has 2 fully saturated rings. The van der Waals surface area contributed by atoms with E-state index in [0.29, 0.717) is 19.6 Å². The minimum atomic E-state index is -1.00. The van der Waals surface area contributed by atoms with Gasteiger partial charge in [0.05, 0.1) is 19.3 Å². The van der Waals surface area contributed by atoms with E-state index in [1.54, 1.807) is 11.8 Å². The number of amides is 1. The lowest BCUT2D eigenvalue weighted by molar-refractivity contribution is -0.153. The summed E-state index contributed by atoms with van der Waals surface area (Å²) in [5.74, 6) is -1.08. The summed E-state index contributed by atoms with van der Waals surface area (Å²) in [5.41, 5.74) is -1.00. The molecule has 2 heterocycles. The van der Waals surface area contributed by atoms with E-state index < -0.39 is 17.5 Å². The predicted octanol–water partition coefficient (Wildman–Crippen LogP) is 0.910. The van der Waals surface area contributed by atoms with Crippen molar-refractivity contribution in [3.8, 4) is 0 Å². The Morgan fingerprint density at radius 1 is 1.43 bits per heavy atom. The number of carbonyl (C=O) groups is 2. The first-order chi connectivity index (χ1) is 11.0. The summed E-state index contributed by atoms with van der Waals surface area (Å²) in [5, 5.41) is 9.44. The zero-order valence-corrected chi connectivity index (χ0v) is 14.0. The average Bonchev–Trinajstić information content (AvgIpc) is 2.99. The van der Waals surface area contributed by atoms with Crippen molar-refractivity contribution in [3.05, 3.63) is 0 Å². The quantitative estimate of drug-likeness (QED) is 0.747. The molecule has 2 saturated heterocycles. The van der Waals surface area contributed by atoms with Crippen molar-refractivity contribution in [1.29, 1.82) is 0 Å². The molecule has 3 atom stereocenters. The predicted molar refractivity (Wildman–Crippen MR) is 82.1 cm³/mol. The maximum Gasteiger partial charge on any atom is 0.313 e.